The molecule has 0 radical (unpaired) electrons. The summed E-state index contributed by atoms with van der Waals surface area (Å²) in [5.41, 5.74) is 1.10. The van der Waals surface area contributed by atoms with Crippen molar-refractivity contribution in [3.8, 4) is 28.7 Å². The molecule has 1 aliphatic rings. The number of hydrogen-bond donors (Lipinski definition) is 0. The Labute approximate surface area is 239 Å². The van der Waals surface area contributed by atoms with Crippen LogP contribution in [0.15, 0.2) is 36.4 Å². The van der Waals surface area contributed by atoms with Gasteiger partial charge in [-0.2, -0.15) is 0 Å². The summed E-state index contributed by atoms with van der Waals surface area (Å²) in [7, 11) is 6.40. The van der Waals surface area contributed by atoms with Gasteiger partial charge in [0.25, 0.3) is 0 Å². The van der Waals surface area contributed by atoms with E-state index in [0.717, 1.165) is 63.3 Å². The SMILES string of the molecule is CCCCC(CC)C(=O)OC(COc1cc(OC)c(OC)c(OC)c1)CN1CCN(c2ccccc2OC)CC1. The molecule has 1 aliphatic heterocycles. The maximum absolute atomic E-state index is 13.2. The van der Waals surface area contributed by atoms with Gasteiger partial charge in [-0.1, -0.05) is 38.8 Å². The van der Waals surface area contributed by atoms with Crippen molar-refractivity contribution in [1.82, 2.24) is 4.90 Å². The van der Waals surface area contributed by atoms with E-state index in [1.54, 1.807) is 40.6 Å². The second kappa shape index (κ2) is 16.1. The number of para-hydroxylation sites is 2. The first-order valence-electron chi connectivity index (χ1n) is 14.2. The van der Waals surface area contributed by atoms with Crippen molar-refractivity contribution in [1.29, 1.82) is 0 Å². The Morgan fingerprint density at radius 2 is 1.52 bits per heavy atom. The number of esters is 1. The Morgan fingerprint density at radius 1 is 0.875 bits per heavy atom. The van der Waals surface area contributed by atoms with Gasteiger partial charge < -0.3 is 33.3 Å². The molecule has 9 heteroatoms. The zero-order valence-electron chi connectivity index (χ0n) is 24.9. The Balaban J connectivity index is 1.70. The van der Waals surface area contributed by atoms with Gasteiger partial charge in [0.05, 0.1) is 40.0 Å². The molecule has 0 amide bonds. The normalized spacial score (nSPS) is 15.2. The molecule has 0 aliphatic carbocycles. The van der Waals surface area contributed by atoms with Crippen LogP contribution in [0, 0.1) is 5.92 Å². The summed E-state index contributed by atoms with van der Waals surface area (Å²) in [6.07, 6.45) is 3.22. The fraction of sp³-hybridized carbons (Fsp3) is 0.581. The second-order valence-electron chi connectivity index (χ2n) is 9.94. The number of unbranched alkanes of at least 4 members (excludes halogenated alkanes) is 1. The van der Waals surface area contributed by atoms with E-state index in [1.165, 1.54) is 0 Å². The molecule has 9 nitrogen and oxygen atoms in total. The van der Waals surface area contributed by atoms with Crippen LogP contribution in [0.3, 0.4) is 0 Å². The standard InChI is InChI=1S/C31H46N2O7/c1-7-9-12-23(8-2)31(34)40-25(22-39-24-19-28(36-4)30(38-6)29(20-24)37-5)21-32-15-17-33(18-16-32)26-13-10-11-14-27(26)35-3/h10-11,13-14,19-20,23,25H,7-9,12,15-18,21-22H2,1-6H3. The third kappa shape index (κ3) is 8.34. The third-order valence-electron chi connectivity index (χ3n) is 7.35. The lowest BCUT2D eigenvalue weighted by atomic mass is 10.00. The van der Waals surface area contributed by atoms with Gasteiger partial charge in [-0.25, -0.2) is 0 Å². The van der Waals surface area contributed by atoms with Crippen LogP contribution in [0.4, 0.5) is 5.69 Å². The van der Waals surface area contributed by atoms with E-state index in [9.17, 15) is 4.79 Å². The molecule has 1 saturated heterocycles. The molecule has 3 rings (SSSR count). The van der Waals surface area contributed by atoms with Crippen LogP contribution in [0.2, 0.25) is 0 Å². The van der Waals surface area contributed by atoms with Gasteiger partial charge in [-0.15, -0.1) is 0 Å². The number of rotatable bonds is 16. The molecule has 40 heavy (non-hydrogen) atoms. The minimum absolute atomic E-state index is 0.106. The van der Waals surface area contributed by atoms with Crippen molar-refractivity contribution in [3.63, 3.8) is 0 Å². The molecule has 2 unspecified atom stereocenters. The van der Waals surface area contributed by atoms with Gasteiger partial charge in [0.2, 0.25) is 5.75 Å². The summed E-state index contributed by atoms with van der Waals surface area (Å²) in [5.74, 6) is 2.67. The summed E-state index contributed by atoms with van der Waals surface area (Å²) in [5, 5.41) is 0. The van der Waals surface area contributed by atoms with Crippen molar-refractivity contribution >= 4 is 11.7 Å². The van der Waals surface area contributed by atoms with Crippen LogP contribution < -0.4 is 28.6 Å². The predicted molar refractivity (Wildman–Crippen MR) is 156 cm³/mol. The summed E-state index contributed by atoms with van der Waals surface area (Å²) in [6, 6.07) is 11.6. The average molecular weight is 559 g/mol. The molecular weight excluding hydrogens is 512 g/mol. The molecule has 0 bridgehead atoms. The Kier molecular flexibility index (Phi) is 12.5. The molecule has 1 fully saturated rings. The number of anilines is 1. The highest BCUT2D eigenvalue weighted by atomic mass is 16.6. The summed E-state index contributed by atoms with van der Waals surface area (Å²) >= 11 is 0. The first-order chi connectivity index (χ1) is 19.5. The summed E-state index contributed by atoms with van der Waals surface area (Å²) in [4.78, 5) is 17.8. The number of carbonyl (C=O) groups excluding carboxylic acids is 1. The molecule has 2 aromatic rings. The largest absolute Gasteiger partial charge is 0.495 e. The van der Waals surface area contributed by atoms with E-state index in [4.69, 9.17) is 28.4 Å². The minimum atomic E-state index is -0.430. The molecule has 0 aromatic heterocycles. The third-order valence-corrected chi connectivity index (χ3v) is 7.35. The average Bonchev–Trinajstić information content (AvgIpc) is 2.99. The lowest BCUT2D eigenvalue weighted by Gasteiger charge is -2.38. The number of hydrogen-bond acceptors (Lipinski definition) is 9. The van der Waals surface area contributed by atoms with E-state index in [0.29, 0.717) is 29.5 Å². The highest BCUT2D eigenvalue weighted by molar-refractivity contribution is 5.72. The number of ether oxygens (including phenoxy) is 6. The first kappa shape index (κ1) is 31.2. The molecule has 1 heterocycles. The molecule has 0 saturated carbocycles. The molecule has 2 aromatic carbocycles. The molecule has 0 N–H and O–H groups in total. The topological polar surface area (TPSA) is 78.9 Å². The lowest BCUT2D eigenvalue weighted by Crippen LogP contribution is -2.50. The lowest BCUT2D eigenvalue weighted by molar-refractivity contribution is -0.157. The number of piperazine rings is 1. The molecule has 0 spiro atoms. The zero-order valence-corrected chi connectivity index (χ0v) is 24.9. The molecular formula is C31H46N2O7. The number of benzene rings is 2. The van der Waals surface area contributed by atoms with Crippen LogP contribution in [-0.2, 0) is 9.53 Å². The first-order valence-corrected chi connectivity index (χ1v) is 14.2. The molecule has 2 atom stereocenters. The summed E-state index contributed by atoms with van der Waals surface area (Å²) in [6.45, 7) is 8.34. The van der Waals surface area contributed by atoms with Crippen LogP contribution in [-0.4, -0.2) is 84.7 Å². The van der Waals surface area contributed by atoms with Crippen molar-refractivity contribution in [2.75, 3.05) is 72.7 Å². The Hall–Kier alpha value is -3.33. The monoisotopic (exact) mass is 558 g/mol. The van der Waals surface area contributed by atoms with Crippen molar-refractivity contribution < 1.29 is 33.2 Å². The maximum atomic E-state index is 13.2. The number of nitrogens with zero attached hydrogens (tertiary/aromatic N) is 2. The smallest absolute Gasteiger partial charge is 0.309 e. The van der Waals surface area contributed by atoms with E-state index >= 15 is 0 Å². The highest BCUT2D eigenvalue weighted by Gasteiger charge is 2.27. The van der Waals surface area contributed by atoms with Gasteiger partial charge in [-0.05, 0) is 25.0 Å². The van der Waals surface area contributed by atoms with E-state index < -0.39 is 6.10 Å². The minimum Gasteiger partial charge on any atom is -0.495 e. The second-order valence-corrected chi connectivity index (χ2v) is 9.94. The van der Waals surface area contributed by atoms with Crippen LogP contribution in [0.25, 0.3) is 0 Å². The summed E-state index contributed by atoms with van der Waals surface area (Å²) < 4.78 is 34.2. The van der Waals surface area contributed by atoms with Gasteiger partial charge in [-0.3, -0.25) is 9.69 Å². The predicted octanol–water partition coefficient (Wildman–Crippen LogP) is 5.05. The van der Waals surface area contributed by atoms with Crippen LogP contribution in [0.5, 0.6) is 28.7 Å². The van der Waals surface area contributed by atoms with Gasteiger partial charge >= 0.3 is 5.97 Å². The van der Waals surface area contributed by atoms with Gasteiger partial charge in [0.1, 0.15) is 24.2 Å². The highest BCUT2D eigenvalue weighted by Crippen LogP contribution is 2.41. The van der Waals surface area contributed by atoms with E-state index in [1.807, 2.05) is 25.1 Å². The van der Waals surface area contributed by atoms with Gasteiger partial charge in [0, 0.05) is 44.9 Å². The number of carbonyl (C=O) groups is 1. The fourth-order valence-electron chi connectivity index (χ4n) is 5.00. The van der Waals surface area contributed by atoms with Crippen molar-refractivity contribution in [3.05, 3.63) is 36.4 Å². The van der Waals surface area contributed by atoms with Crippen molar-refractivity contribution in [2.45, 2.75) is 45.6 Å². The molecule has 222 valence electrons. The maximum Gasteiger partial charge on any atom is 0.309 e. The Bertz CT molecular complexity index is 1030. The Morgan fingerprint density at radius 3 is 2.10 bits per heavy atom. The fourth-order valence-corrected chi connectivity index (χ4v) is 5.00. The van der Waals surface area contributed by atoms with Crippen LogP contribution >= 0.6 is 0 Å². The quantitative estimate of drug-likeness (QED) is 0.263. The number of methoxy groups -OCH3 is 4. The zero-order chi connectivity index (χ0) is 28.9. The van der Waals surface area contributed by atoms with Crippen LogP contribution in [0.1, 0.15) is 39.5 Å². The van der Waals surface area contributed by atoms with E-state index in [2.05, 4.69) is 22.8 Å². The van der Waals surface area contributed by atoms with E-state index in [-0.39, 0.29) is 18.5 Å². The van der Waals surface area contributed by atoms with Crippen molar-refractivity contribution in [2.24, 2.45) is 5.92 Å². The van der Waals surface area contributed by atoms with Gasteiger partial charge in [0.15, 0.2) is 11.5 Å².